The largest absolute Gasteiger partial charge is 0.481 e. The second kappa shape index (κ2) is 3.41. The Bertz CT molecular complexity index is 324. The first kappa shape index (κ1) is 8.62. The Morgan fingerprint density at radius 3 is 3.31 bits per heavy atom. The van der Waals surface area contributed by atoms with Gasteiger partial charge in [0.25, 0.3) is 0 Å². The highest BCUT2D eigenvalue weighted by Gasteiger charge is 2.25. The second-order valence-electron chi connectivity index (χ2n) is 3.27. The molecule has 1 unspecified atom stereocenters. The Morgan fingerprint density at radius 2 is 2.54 bits per heavy atom. The zero-order valence-electron chi connectivity index (χ0n) is 7.06. The zero-order valence-corrected chi connectivity index (χ0v) is 7.88. The molecule has 1 aromatic rings. The predicted octanol–water partition coefficient (Wildman–Crippen LogP) is 1.43. The van der Waals surface area contributed by atoms with Crippen molar-refractivity contribution in [2.24, 2.45) is 0 Å². The van der Waals surface area contributed by atoms with Gasteiger partial charge in [0.15, 0.2) is 0 Å². The van der Waals surface area contributed by atoms with Crippen molar-refractivity contribution in [1.82, 2.24) is 9.59 Å². The van der Waals surface area contributed by atoms with E-state index in [1.807, 2.05) is 0 Å². The fraction of sp³-hybridized carbons (Fsp3) is 0.625. The molecule has 2 rings (SSSR count). The van der Waals surface area contributed by atoms with Gasteiger partial charge in [-0.05, 0) is 30.8 Å². The first-order valence-corrected chi connectivity index (χ1v) is 5.07. The van der Waals surface area contributed by atoms with Crippen LogP contribution in [-0.2, 0) is 11.2 Å². The van der Waals surface area contributed by atoms with E-state index in [0.717, 1.165) is 29.8 Å². The molecule has 1 aromatic heterocycles. The standard InChI is InChI=1S/C8H10N2O2S/c11-7(12)4-5-2-1-3-6-8(5)13-10-9-6/h5H,1-4H2,(H,11,12). The summed E-state index contributed by atoms with van der Waals surface area (Å²) in [7, 11) is 0. The number of hydrogen-bond donors (Lipinski definition) is 1. The Morgan fingerprint density at radius 1 is 1.69 bits per heavy atom. The van der Waals surface area contributed by atoms with Gasteiger partial charge in [-0.3, -0.25) is 4.79 Å². The lowest BCUT2D eigenvalue weighted by atomic mass is 9.89. The summed E-state index contributed by atoms with van der Waals surface area (Å²) in [5.41, 5.74) is 1.02. The van der Waals surface area contributed by atoms with Crippen LogP contribution in [0.2, 0.25) is 0 Å². The Hall–Kier alpha value is -0.970. The summed E-state index contributed by atoms with van der Waals surface area (Å²) < 4.78 is 3.86. The molecule has 1 aliphatic rings. The Kier molecular flexibility index (Phi) is 2.26. The van der Waals surface area contributed by atoms with Crippen molar-refractivity contribution >= 4 is 17.5 Å². The molecule has 0 aromatic carbocycles. The van der Waals surface area contributed by atoms with Crippen molar-refractivity contribution in [2.45, 2.75) is 31.6 Å². The number of carboxylic acid groups (broad SMARTS) is 1. The van der Waals surface area contributed by atoms with Gasteiger partial charge in [0, 0.05) is 5.92 Å². The highest BCUT2D eigenvalue weighted by Crippen LogP contribution is 2.34. The monoisotopic (exact) mass is 198 g/mol. The zero-order chi connectivity index (χ0) is 9.26. The molecule has 0 saturated heterocycles. The van der Waals surface area contributed by atoms with E-state index >= 15 is 0 Å². The van der Waals surface area contributed by atoms with Crippen LogP contribution in [0, 0.1) is 0 Å². The van der Waals surface area contributed by atoms with E-state index < -0.39 is 5.97 Å². The maximum Gasteiger partial charge on any atom is 0.303 e. The Balaban J connectivity index is 2.20. The van der Waals surface area contributed by atoms with Gasteiger partial charge in [0.05, 0.1) is 17.0 Å². The molecule has 0 saturated carbocycles. The summed E-state index contributed by atoms with van der Waals surface area (Å²) in [6.07, 6.45) is 3.18. The topological polar surface area (TPSA) is 63.1 Å². The molecule has 0 bridgehead atoms. The third-order valence-electron chi connectivity index (χ3n) is 2.34. The van der Waals surface area contributed by atoms with Crippen LogP contribution in [0.4, 0.5) is 0 Å². The maximum atomic E-state index is 10.6. The summed E-state index contributed by atoms with van der Waals surface area (Å²) in [5, 5.41) is 12.7. The first-order valence-electron chi connectivity index (χ1n) is 4.30. The van der Waals surface area contributed by atoms with Gasteiger partial charge in [0.2, 0.25) is 0 Å². The van der Waals surface area contributed by atoms with Crippen LogP contribution in [0.3, 0.4) is 0 Å². The molecule has 0 spiro atoms. The minimum atomic E-state index is -0.730. The maximum absolute atomic E-state index is 10.6. The highest BCUT2D eigenvalue weighted by molar-refractivity contribution is 7.05. The molecule has 1 heterocycles. The predicted molar refractivity (Wildman–Crippen MR) is 47.8 cm³/mol. The van der Waals surface area contributed by atoms with Gasteiger partial charge in [0.1, 0.15) is 0 Å². The fourth-order valence-electron chi connectivity index (χ4n) is 1.75. The van der Waals surface area contributed by atoms with E-state index in [2.05, 4.69) is 9.59 Å². The van der Waals surface area contributed by atoms with E-state index in [1.165, 1.54) is 11.5 Å². The molecule has 0 aliphatic heterocycles. The first-order chi connectivity index (χ1) is 6.27. The van der Waals surface area contributed by atoms with Crippen LogP contribution >= 0.6 is 11.5 Å². The minimum Gasteiger partial charge on any atom is -0.481 e. The van der Waals surface area contributed by atoms with Gasteiger partial charge in [-0.25, -0.2) is 0 Å². The lowest BCUT2D eigenvalue weighted by molar-refractivity contribution is -0.137. The van der Waals surface area contributed by atoms with Crippen LogP contribution in [0.1, 0.15) is 35.8 Å². The average molecular weight is 198 g/mol. The van der Waals surface area contributed by atoms with Gasteiger partial charge >= 0.3 is 5.97 Å². The van der Waals surface area contributed by atoms with Gasteiger partial charge in [-0.2, -0.15) is 0 Å². The number of carboxylic acids is 1. The Labute approximate surface area is 79.8 Å². The fourth-order valence-corrected chi connectivity index (χ4v) is 2.58. The molecule has 13 heavy (non-hydrogen) atoms. The van der Waals surface area contributed by atoms with Gasteiger partial charge in [-0.15, -0.1) is 5.10 Å². The summed E-state index contributed by atoms with van der Waals surface area (Å²) in [6, 6.07) is 0. The van der Waals surface area contributed by atoms with Crippen LogP contribution in [0.5, 0.6) is 0 Å². The summed E-state index contributed by atoms with van der Waals surface area (Å²) >= 11 is 1.35. The van der Waals surface area contributed by atoms with Gasteiger partial charge < -0.3 is 5.11 Å². The molecule has 0 fully saturated rings. The average Bonchev–Trinajstić information content (AvgIpc) is 2.51. The number of aryl methyl sites for hydroxylation is 1. The summed E-state index contributed by atoms with van der Waals surface area (Å²) in [4.78, 5) is 11.7. The number of aromatic nitrogens is 2. The lowest BCUT2D eigenvalue weighted by Gasteiger charge is -2.17. The quantitative estimate of drug-likeness (QED) is 0.780. The molecule has 1 atom stereocenters. The van der Waals surface area contributed by atoms with Crippen molar-refractivity contribution in [3.63, 3.8) is 0 Å². The number of nitrogens with zero attached hydrogens (tertiary/aromatic N) is 2. The van der Waals surface area contributed by atoms with E-state index in [-0.39, 0.29) is 12.3 Å². The van der Waals surface area contributed by atoms with Crippen LogP contribution in [0.25, 0.3) is 0 Å². The molecule has 0 radical (unpaired) electrons. The molecule has 4 nitrogen and oxygen atoms in total. The third-order valence-corrected chi connectivity index (χ3v) is 3.27. The van der Waals surface area contributed by atoms with Gasteiger partial charge in [-0.1, -0.05) is 4.49 Å². The number of rotatable bonds is 2. The smallest absolute Gasteiger partial charge is 0.303 e. The highest BCUT2D eigenvalue weighted by atomic mass is 32.1. The van der Waals surface area contributed by atoms with Crippen LogP contribution in [-0.4, -0.2) is 20.7 Å². The molecule has 1 aliphatic carbocycles. The summed E-state index contributed by atoms with van der Waals surface area (Å²) in [5.74, 6) is -0.576. The van der Waals surface area contributed by atoms with Crippen molar-refractivity contribution in [1.29, 1.82) is 0 Å². The van der Waals surface area contributed by atoms with E-state index in [9.17, 15) is 4.79 Å². The van der Waals surface area contributed by atoms with Crippen molar-refractivity contribution < 1.29 is 9.90 Å². The van der Waals surface area contributed by atoms with Crippen LogP contribution in [0.15, 0.2) is 0 Å². The van der Waals surface area contributed by atoms with Crippen molar-refractivity contribution in [3.05, 3.63) is 10.6 Å². The third kappa shape index (κ3) is 1.70. The van der Waals surface area contributed by atoms with E-state index in [1.54, 1.807) is 0 Å². The van der Waals surface area contributed by atoms with E-state index in [4.69, 9.17) is 5.11 Å². The molecular weight excluding hydrogens is 188 g/mol. The SMILES string of the molecule is O=C(O)CC1CCCc2nnsc21. The number of fused-ring (bicyclic) bond motifs is 1. The van der Waals surface area contributed by atoms with Crippen LogP contribution < -0.4 is 0 Å². The molecule has 5 heteroatoms. The molecule has 1 N–H and O–H groups in total. The second-order valence-corrected chi connectivity index (χ2v) is 4.06. The normalized spacial score (nSPS) is 21.1. The van der Waals surface area contributed by atoms with Crippen molar-refractivity contribution in [3.8, 4) is 0 Å². The minimum absolute atomic E-state index is 0.154. The molecular formula is C8H10N2O2S. The summed E-state index contributed by atoms with van der Waals surface area (Å²) in [6.45, 7) is 0. The molecule has 70 valence electrons. The number of aliphatic carboxylic acids is 1. The lowest BCUT2D eigenvalue weighted by Crippen LogP contribution is -2.11. The molecule has 0 amide bonds. The number of hydrogen-bond acceptors (Lipinski definition) is 4. The van der Waals surface area contributed by atoms with Crippen molar-refractivity contribution in [2.75, 3.05) is 0 Å². The van der Waals surface area contributed by atoms with E-state index in [0.29, 0.717) is 0 Å². The number of carbonyl (C=O) groups is 1.